The zero-order valence-electron chi connectivity index (χ0n) is 9.28. The molecule has 0 saturated carbocycles. The zero-order chi connectivity index (χ0) is 10.8. The topological polar surface area (TPSA) is 32.3 Å². The number of benzene rings is 1. The van der Waals surface area contributed by atoms with Gasteiger partial charge in [-0.05, 0) is 44.3 Å². The standard InChI is InChI=1S/C13H21NO/c15-12-6-2-5-10-14-11-9-13-7-3-1-4-8-13/h1,3-4,7-8,14-15H,2,5-6,9-12H2. The van der Waals surface area contributed by atoms with Crippen LogP contribution in [0.1, 0.15) is 24.8 Å². The largest absolute Gasteiger partial charge is 0.396 e. The van der Waals surface area contributed by atoms with E-state index in [4.69, 9.17) is 5.11 Å². The molecule has 2 nitrogen and oxygen atoms in total. The Morgan fingerprint density at radius 3 is 2.47 bits per heavy atom. The number of hydrogen-bond acceptors (Lipinski definition) is 2. The molecular formula is C13H21NO. The van der Waals surface area contributed by atoms with Gasteiger partial charge in [-0.1, -0.05) is 30.3 Å². The van der Waals surface area contributed by atoms with Gasteiger partial charge in [-0.25, -0.2) is 0 Å². The highest BCUT2D eigenvalue weighted by Gasteiger charge is 1.91. The Bertz CT molecular complexity index is 236. The average Bonchev–Trinajstić information content (AvgIpc) is 2.29. The quantitative estimate of drug-likeness (QED) is 0.639. The van der Waals surface area contributed by atoms with Crippen LogP contribution in [0.25, 0.3) is 0 Å². The third-order valence-electron chi connectivity index (χ3n) is 2.44. The van der Waals surface area contributed by atoms with Gasteiger partial charge in [0, 0.05) is 6.61 Å². The summed E-state index contributed by atoms with van der Waals surface area (Å²) in [4.78, 5) is 0. The first-order valence-corrected chi connectivity index (χ1v) is 5.79. The maximum Gasteiger partial charge on any atom is 0.0431 e. The minimum atomic E-state index is 0.323. The Morgan fingerprint density at radius 1 is 0.933 bits per heavy atom. The highest BCUT2D eigenvalue weighted by molar-refractivity contribution is 5.14. The van der Waals surface area contributed by atoms with Crippen LogP contribution >= 0.6 is 0 Å². The number of aliphatic hydroxyl groups excluding tert-OH is 1. The molecule has 0 bridgehead atoms. The van der Waals surface area contributed by atoms with Crippen molar-refractivity contribution in [2.24, 2.45) is 0 Å². The van der Waals surface area contributed by atoms with Crippen LogP contribution in [0.3, 0.4) is 0 Å². The lowest BCUT2D eigenvalue weighted by Crippen LogP contribution is -2.18. The van der Waals surface area contributed by atoms with Crippen LogP contribution in [0, 0.1) is 0 Å². The van der Waals surface area contributed by atoms with Crippen molar-refractivity contribution in [2.75, 3.05) is 19.7 Å². The first-order chi connectivity index (χ1) is 7.43. The van der Waals surface area contributed by atoms with Crippen LogP contribution in [-0.2, 0) is 6.42 Å². The molecule has 1 rings (SSSR count). The second-order valence-electron chi connectivity index (χ2n) is 3.77. The predicted octanol–water partition coefficient (Wildman–Crippen LogP) is 1.98. The lowest BCUT2D eigenvalue weighted by Gasteiger charge is -2.04. The van der Waals surface area contributed by atoms with Crippen molar-refractivity contribution < 1.29 is 5.11 Å². The monoisotopic (exact) mass is 207 g/mol. The molecular weight excluding hydrogens is 186 g/mol. The van der Waals surface area contributed by atoms with E-state index in [1.807, 2.05) is 6.07 Å². The summed E-state index contributed by atoms with van der Waals surface area (Å²) in [7, 11) is 0. The first-order valence-electron chi connectivity index (χ1n) is 5.79. The third kappa shape index (κ3) is 6.26. The number of hydrogen-bond donors (Lipinski definition) is 2. The third-order valence-corrected chi connectivity index (χ3v) is 2.44. The summed E-state index contributed by atoms with van der Waals surface area (Å²) in [5.41, 5.74) is 1.39. The van der Waals surface area contributed by atoms with E-state index in [0.29, 0.717) is 6.61 Å². The van der Waals surface area contributed by atoms with Crippen molar-refractivity contribution >= 4 is 0 Å². The lowest BCUT2D eigenvalue weighted by molar-refractivity contribution is 0.283. The van der Waals surface area contributed by atoms with Crippen LogP contribution in [-0.4, -0.2) is 24.8 Å². The van der Waals surface area contributed by atoms with E-state index in [9.17, 15) is 0 Å². The van der Waals surface area contributed by atoms with E-state index in [1.54, 1.807) is 0 Å². The van der Waals surface area contributed by atoms with Crippen LogP contribution in [0.15, 0.2) is 30.3 Å². The molecule has 0 atom stereocenters. The maximum absolute atomic E-state index is 8.60. The molecule has 0 unspecified atom stereocenters. The van der Waals surface area contributed by atoms with E-state index >= 15 is 0 Å². The Hall–Kier alpha value is -0.860. The van der Waals surface area contributed by atoms with Crippen molar-refractivity contribution in [3.63, 3.8) is 0 Å². The molecule has 0 aliphatic heterocycles. The van der Waals surface area contributed by atoms with Gasteiger partial charge in [0.1, 0.15) is 0 Å². The predicted molar refractivity (Wildman–Crippen MR) is 64.0 cm³/mol. The van der Waals surface area contributed by atoms with Gasteiger partial charge in [0.15, 0.2) is 0 Å². The Morgan fingerprint density at radius 2 is 1.73 bits per heavy atom. The lowest BCUT2D eigenvalue weighted by atomic mass is 10.1. The molecule has 2 N–H and O–H groups in total. The number of nitrogens with one attached hydrogen (secondary N) is 1. The molecule has 0 fully saturated rings. The summed E-state index contributed by atoms with van der Waals surface area (Å²) >= 11 is 0. The van der Waals surface area contributed by atoms with E-state index < -0.39 is 0 Å². The summed E-state index contributed by atoms with van der Waals surface area (Å²) < 4.78 is 0. The fourth-order valence-corrected chi connectivity index (χ4v) is 1.54. The van der Waals surface area contributed by atoms with Gasteiger partial charge in [0.25, 0.3) is 0 Å². The molecule has 0 radical (unpaired) electrons. The second kappa shape index (κ2) is 8.45. The molecule has 0 saturated heterocycles. The molecule has 1 aromatic carbocycles. The molecule has 0 spiro atoms. The molecule has 0 aliphatic rings. The summed E-state index contributed by atoms with van der Waals surface area (Å²) in [6.07, 6.45) is 4.31. The van der Waals surface area contributed by atoms with Crippen molar-refractivity contribution in [1.29, 1.82) is 0 Å². The van der Waals surface area contributed by atoms with Crippen LogP contribution in [0.4, 0.5) is 0 Å². The van der Waals surface area contributed by atoms with Gasteiger partial charge in [0.2, 0.25) is 0 Å². The van der Waals surface area contributed by atoms with Gasteiger partial charge in [-0.3, -0.25) is 0 Å². The average molecular weight is 207 g/mol. The molecule has 84 valence electrons. The fourth-order valence-electron chi connectivity index (χ4n) is 1.54. The smallest absolute Gasteiger partial charge is 0.0431 e. The molecule has 15 heavy (non-hydrogen) atoms. The van der Waals surface area contributed by atoms with Gasteiger partial charge in [-0.15, -0.1) is 0 Å². The number of rotatable bonds is 8. The summed E-state index contributed by atoms with van der Waals surface area (Å²) in [5, 5.41) is 12.0. The summed E-state index contributed by atoms with van der Waals surface area (Å²) in [5.74, 6) is 0. The van der Waals surface area contributed by atoms with Gasteiger partial charge in [-0.2, -0.15) is 0 Å². The Labute approximate surface area is 92.3 Å². The SMILES string of the molecule is OCCCCCNCCc1ccccc1. The molecule has 0 amide bonds. The highest BCUT2D eigenvalue weighted by Crippen LogP contribution is 1.98. The van der Waals surface area contributed by atoms with Gasteiger partial charge >= 0.3 is 0 Å². The van der Waals surface area contributed by atoms with E-state index in [2.05, 4.69) is 29.6 Å². The molecule has 1 aromatic rings. The molecule has 2 heteroatoms. The highest BCUT2D eigenvalue weighted by atomic mass is 16.2. The van der Waals surface area contributed by atoms with Crippen LogP contribution < -0.4 is 5.32 Å². The van der Waals surface area contributed by atoms with Crippen LogP contribution in [0.5, 0.6) is 0 Å². The molecule has 0 aliphatic carbocycles. The zero-order valence-corrected chi connectivity index (χ0v) is 9.28. The maximum atomic E-state index is 8.60. The van der Waals surface area contributed by atoms with Crippen molar-refractivity contribution in [1.82, 2.24) is 5.32 Å². The Balaban J connectivity index is 1.93. The number of unbranched alkanes of at least 4 members (excludes halogenated alkanes) is 2. The van der Waals surface area contributed by atoms with Crippen molar-refractivity contribution in [2.45, 2.75) is 25.7 Å². The molecule has 0 heterocycles. The van der Waals surface area contributed by atoms with Crippen molar-refractivity contribution in [3.05, 3.63) is 35.9 Å². The van der Waals surface area contributed by atoms with Gasteiger partial charge < -0.3 is 10.4 Å². The van der Waals surface area contributed by atoms with Gasteiger partial charge in [0.05, 0.1) is 0 Å². The van der Waals surface area contributed by atoms with E-state index in [0.717, 1.165) is 38.8 Å². The summed E-state index contributed by atoms with van der Waals surface area (Å²) in [6.45, 7) is 2.43. The second-order valence-corrected chi connectivity index (χ2v) is 3.77. The van der Waals surface area contributed by atoms with E-state index in [1.165, 1.54) is 5.56 Å². The minimum Gasteiger partial charge on any atom is -0.396 e. The van der Waals surface area contributed by atoms with Crippen molar-refractivity contribution in [3.8, 4) is 0 Å². The minimum absolute atomic E-state index is 0.323. The number of aliphatic hydroxyl groups is 1. The normalized spacial score (nSPS) is 10.5. The van der Waals surface area contributed by atoms with E-state index in [-0.39, 0.29) is 0 Å². The Kier molecular flexibility index (Phi) is 6.88. The first kappa shape index (κ1) is 12.2. The fraction of sp³-hybridized carbons (Fsp3) is 0.538. The van der Waals surface area contributed by atoms with Crippen LogP contribution in [0.2, 0.25) is 0 Å². The summed E-state index contributed by atoms with van der Waals surface area (Å²) in [6, 6.07) is 10.5. The molecule has 0 aromatic heterocycles.